The molecule has 0 aliphatic heterocycles. The van der Waals surface area contributed by atoms with Gasteiger partial charge in [-0.3, -0.25) is 0 Å². The molecule has 1 N–H and O–H groups in total. The number of halogens is 1. The van der Waals surface area contributed by atoms with Crippen molar-refractivity contribution in [1.29, 1.82) is 0 Å². The second-order valence-electron chi connectivity index (χ2n) is 4.26. The Hall–Kier alpha value is -2.20. The van der Waals surface area contributed by atoms with Crippen molar-refractivity contribution in [2.45, 2.75) is 0 Å². The van der Waals surface area contributed by atoms with E-state index in [4.69, 9.17) is 21.1 Å². The standard InChI is InChI=1S/C15H13ClN2O2/c1-19-11-7-8-12(20-2)14-13(11)17-15(18-14)9-5-3-4-6-10(9)16/h3-8H,1-2H3,(H,17,18). The van der Waals surface area contributed by atoms with Gasteiger partial charge in [-0.2, -0.15) is 0 Å². The van der Waals surface area contributed by atoms with Gasteiger partial charge < -0.3 is 14.5 Å². The molecule has 0 atom stereocenters. The zero-order valence-electron chi connectivity index (χ0n) is 11.1. The summed E-state index contributed by atoms with van der Waals surface area (Å²) in [4.78, 5) is 7.82. The van der Waals surface area contributed by atoms with E-state index in [1.54, 1.807) is 14.2 Å². The van der Waals surface area contributed by atoms with E-state index in [0.717, 1.165) is 16.6 Å². The molecular formula is C15H13ClN2O2. The first-order chi connectivity index (χ1) is 9.74. The van der Waals surface area contributed by atoms with E-state index in [2.05, 4.69) is 9.97 Å². The smallest absolute Gasteiger partial charge is 0.146 e. The van der Waals surface area contributed by atoms with Crippen molar-refractivity contribution in [3.05, 3.63) is 41.4 Å². The van der Waals surface area contributed by atoms with Crippen LogP contribution in [0.1, 0.15) is 0 Å². The molecule has 0 aliphatic rings. The number of rotatable bonds is 3. The minimum absolute atomic E-state index is 0.643. The first-order valence-corrected chi connectivity index (χ1v) is 6.48. The third-order valence-electron chi connectivity index (χ3n) is 3.14. The van der Waals surface area contributed by atoms with Gasteiger partial charge in [0.15, 0.2) is 0 Å². The molecule has 2 aromatic carbocycles. The molecule has 20 heavy (non-hydrogen) atoms. The zero-order chi connectivity index (χ0) is 14.1. The topological polar surface area (TPSA) is 47.1 Å². The zero-order valence-corrected chi connectivity index (χ0v) is 11.9. The maximum atomic E-state index is 6.21. The summed E-state index contributed by atoms with van der Waals surface area (Å²) in [5.41, 5.74) is 2.36. The summed E-state index contributed by atoms with van der Waals surface area (Å²) >= 11 is 6.21. The fourth-order valence-electron chi connectivity index (χ4n) is 2.16. The minimum atomic E-state index is 0.643. The lowest BCUT2D eigenvalue weighted by Crippen LogP contribution is -1.88. The van der Waals surface area contributed by atoms with E-state index < -0.39 is 0 Å². The molecule has 0 spiro atoms. The molecule has 0 radical (unpaired) electrons. The van der Waals surface area contributed by atoms with E-state index in [1.807, 2.05) is 36.4 Å². The quantitative estimate of drug-likeness (QED) is 0.795. The minimum Gasteiger partial charge on any atom is -0.494 e. The monoisotopic (exact) mass is 288 g/mol. The largest absolute Gasteiger partial charge is 0.494 e. The molecule has 0 aliphatic carbocycles. The highest BCUT2D eigenvalue weighted by atomic mass is 35.5. The van der Waals surface area contributed by atoms with E-state index in [1.165, 1.54) is 0 Å². The van der Waals surface area contributed by atoms with Crippen molar-refractivity contribution < 1.29 is 9.47 Å². The molecule has 4 nitrogen and oxygen atoms in total. The number of H-pyrrole nitrogens is 1. The first kappa shape index (κ1) is 12.8. The Morgan fingerprint density at radius 1 is 1.00 bits per heavy atom. The van der Waals surface area contributed by atoms with Gasteiger partial charge in [-0.05, 0) is 24.3 Å². The number of hydrogen-bond donors (Lipinski definition) is 1. The molecule has 3 aromatic rings. The predicted octanol–water partition coefficient (Wildman–Crippen LogP) is 3.90. The van der Waals surface area contributed by atoms with Crippen LogP contribution in [0, 0.1) is 0 Å². The molecule has 1 aromatic heterocycles. The van der Waals surface area contributed by atoms with Crippen LogP contribution in [-0.4, -0.2) is 24.2 Å². The molecule has 0 bridgehead atoms. The molecule has 3 rings (SSSR count). The van der Waals surface area contributed by atoms with Gasteiger partial charge in [0, 0.05) is 5.56 Å². The SMILES string of the molecule is COc1ccc(OC)c2[nH]c(-c3ccccc3Cl)nc12. The van der Waals surface area contributed by atoms with Crippen LogP contribution in [-0.2, 0) is 0 Å². The maximum absolute atomic E-state index is 6.21. The molecular weight excluding hydrogens is 276 g/mol. The van der Waals surface area contributed by atoms with Crippen LogP contribution >= 0.6 is 11.6 Å². The van der Waals surface area contributed by atoms with Gasteiger partial charge >= 0.3 is 0 Å². The molecule has 1 heterocycles. The number of nitrogens with zero attached hydrogens (tertiary/aromatic N) is 1. The van der Waals surface area contributed by atoms with Crippen LogP contribution in [0.25, 0.3) is 22.4 Å². The number of hydrogen-bond acceptors (Lipinski definition) is 3. The molecule has 0 unspecified atom stereocenters. The van der Waals surface area contributed by atoms with Gasteiger partial charge in [-0.25, -0.2) is 4.98 Å². The van der Waals surface area contributed by atoms with Crippen molar-refractivity contribution in [3.8, 4) is 22.9 Å². The summed E-state index contributed by atoms with van der Waals surface area (Å²) in [7, 11) is 3.24. The highest BCUT2D eigenvalue weighted by molar-refractivity contribution is 6.33. The lowest BCUT2D eigenvalue weighted by molar-refractivity contribution is 0.409. The lowest BCUT2D eigenvalue weighted by atomic mass is 10.2. The molecule has 0 saturated heterocycles. The van der Waals surface area contributed by atoms with Gasteiger partial charge in [0.05, 0.1) is 19.2 Å². The average Bonchev–Trinajstić information content (AvgIpc) is 2.91. The summed E-state index contributed by atoms with van der Waals surface area (Å²) in [6, 6.07) is 11.2. The summed E-state index contributed by atoms with van der Waals surface area (Å²) in [6.07, 6.45) is 0. The van der Waals surface area contributed by atoms with E-state index in [9.17, 15) is 0 Å². The Morgan fingerprint density at radius 3 is 2.40 bits per heavy atom. The predicted molar refractivity (Wildman–Crippen MR) is 79.6 cm³/mol. The number of benzene rings is 2. The van der Waals surface area contributed by atoms with Gasteiger partial charge in [-0.15, -0.1) is 0 Å². The number of methoxy groups -OCH3 is 2. The molecule has 0 amide bonds. The molecule has 0 saturated carbocycles. The van der Waals surface area contributed by atoms with Gasteiger partial charge in [-0.1, -0.05) is 23.7 Å². The van der Waals surface area contributed by atoms with E-state index >= 15 is 0 Å². The maximum Gasteiger partial charge on any atom is 0.146 e. The van der Waals surface area contributed by atoms with Crippen LogP contribution < -0.4 is 9.47 Å². The number of aromatic amines is 1. The fourth-order valence-corrected chi connectivity index (χ4v) is 2.38. The van der Waals surface area contributed by atoms with Crippen molar-refractivity contribution in [1.82, 2.24) is 9.97 Å². The molecule has 0 fully saturated rings. The Morgan fingerprint density at radius 2 is 1.70 bits per heavy atom. The van der Waals surface area contributed by atoms with Crippen LogP contribution in [0.4, 0.5) is 0 Å². The average molecular weight is 289 g/mol. The highest BCUT2D eigenvalue weighted by Gasteiger charge is 2.15. The van der Waals surface area contributed by atoms with Gasteiger partial charge in [0.1, 0.15) is 28.4 Å². The van der Waals surface area contributed by atoms with Gasteiger partial charge in [0.2, 0.25) is 0 Å². The molecule has 5 heteroatoms. The fraction of sp³-hybridized carbons (Fsp3) is 0.133. The second kappa shape index (κ2) is 5.06. The number of ether oxygens (including phenoxy) is 2. The van der Waals surface area contributed by atoms with Crippen LogP contribution in [0.5, 0.6) is 11.5 Å². The van der Waals surface area contributed by atoms with Crippen molar-refractivity contribution in [3.63, 3.8) is 0 Å². The Labute approximate surface area is 121 Å². The second-order valence-corrected chi connectivity index (χ2v) is 4.67. The third kappa shape index (κ3) is 1.98. The summed E-state index contributed by atoms with van der Waals surface area (Å²) in [5, 5.41) is 0.643. The van der Waals surface area contributed by atoms with Crippen LogP contribution in [0.3, 0.4) is 0 Å². The summed E-state index contributed by atoms with van der Waals surface area (Å²) in [5.74, 6) is 2.09. The molecule has 102 valence electrons. The van der Waals surface area contributed by atoms with Crippen LogP contribution in [0.15, 0.2) is 36.4 Å². The Bertz CT molecular complexity index is 727. The van der Waals surface area contributed by atoms with Crippen molar-refractivity contribution >= 4 is 22.6 Å². The van der Waals surface area contributed by atoms with E-state index in [-0.39, 0.29) is 0 Å². The number of nitrogens with one attached hydrogen (secondary N) is 1. The Kier molecular flexibility index (Phi) is 3.24. The Balaban J connectivity index is 2.27. The first-order valence-electron chi connectivity index (χ1n) is 6.10. The number of imidazole rings is 1. The summed E-state index contributed by atoms with van der Waals surface area (Å²) in [6.45, 7) is 0. The van der Waals surface area contributed by atoms with Crippen LogP contribution in [0.2, 0.25) is 5.02 Å². The third-order valence-corrected chi connectivity index (χ3v) is 3.47. The highest BCUT2D eigenvalue weighted by Crippen LogP contribution is 2.35. The summed E-state index contributed by atoms with van der Waals surface area (Å²) < 4.78 is 10.7. The van der Waals surface area contributed by atoms with E-state index in [0.29, 0.717) is 22.3 Å². The van der Waals surface area contributed by atoms with Gasteiger partial charge in [0.25, 0.3) is 0 Å². The lowest BCUT2D eigenvalue weighted by Gasteiger charge is -2.04. The number of fused-ring (bicyclic) bond motifs is 1. The normalized spacial score (nSPS) is 10.8. The number of aromatic nitrogens is 2. The van der Waals surface area contributed by atoms with Crippen molar-refractivity contribution in [2.24, 2.45) is 0 Å². The van der Waals surface area contributed by atoms with Crippen molar-refractivity contribution in [2.75, 3.05) is 14.2 Å².